The smallest absolute Gasteiger partial charge is 0.196 e. The maximum Gasteiger partial charge on any atom is 0.196 e. The third-order valence-corrected chi connectivity index (χ3v) is 6.55. The maximum atomic E-state index is 12.2. The van der Waals surface area contributed by atoms with Crippen molar-refractivity contribution in [3.8, 4) is 17.1 Å². The summed E-state index contributed by atoms with van der Waals surface area (Å²) in [5, 5.41) is 11.4. The fraction of sp³-hybridized carbons (Fsp3) is 0.190. The molecular formula is C21H17ClN4OS. The lowest BCUT2D eigenvalue weighted by atomic mass is 10.1. The van der Waals surface area contributed by atoms with Crippen LogP contribution in [-0.4, -0.2) is 30.8 Å². The van der Waals surface area contributed by atoms with Crippen LogP contribution in [-0.2, 0) is 4.79 Å². The van der Waals surface area contributed by atoms with Gasteiger partial charge in [0.15, 0.2) is 11.0 Å². The molecule has 1 aliphatic carbocycles. The van der Waals surface area contributed by atoms with E-state index in [1.165, 1.54) is 11.8 Å². The summed E-state index contributed by atoms with van der Waals surface area (Å²) in [5.41, 5.74) is 2.94. The second kappa shape index (κ2) is 7.11. The largest absolute Gasteiger partial charge is 0.360 e. The van der Waals surface area contributed by atoms with Gasteiger partial charge in [0.05, 0.1) is 5.25 Å². The lowest BCUT2D eigenvalue weighted by molar-refractivity contribution is -0.116. The van der Waals surface area contributed by atoms with Crippen molar-refractivity contribution in [1.29, 1.82) is 0 Å². The molecule has 2 heterocycles. The minimum Gasteiger partial charge on any atom is -0.360 e. The molecule has 2 aromatic heterocycles. The van der Waals surface area contributed by atoms with E-state index >= 15 is 0 Å². The van der Waals surface area contributed by atoms with Crippen molar-refractivity contribution >= 4 is 40.0 Å². The van der Waals surface area contributed by atoms with Gasteiger partial charge in [0.1, 0.15) is 5.78 Å². The number of carbonyl (C=O) groups excluding carboxylic acids is 1. The first-order chi connectivity index (χ1) is 13.7. The molecule has 0 bridgehead atoms. The highest BCUT2D eigenvalue weighted by molar-refractivity contribution is 8.00. The molecule has 1 aliphatic rings. The summed E-state index contributed by atoms with van der Waals surface area (Å²) in [6, 6.07) is 15.7. The molecule has 7 heteroatoms. The molecule has 1 N–H and O–H groups in total. The quantitative estimate of drug-likeness (QED) is 0.498. The van der Waals surface area contributed by atoms with E-state index in [0.29, 0.717) is 17.2 Å². The topological polar surface area (TPSA) is 63.6 Å². The number of H-pyrrole nitrogens is 1. The van der Waals surface area contributed by atoms with Crippen LogP contribution in [0.5, 0.6) is 0 Å². The molecule has 5 rings (SSSR count). The zero-order chi connectivity index (χ0) is 19.1. The summed E-state index contributed by atoms with van der Waals surface area (Å²) in [6.45, 7) is 0. The van der Waals surface area contributed by atoms with Crippen molar-refractivity contribution in [3.05, 3.63) is 59.8 Å². The van der Waals surface area contributed by atoms with Crippen LogP contribution in [0.3, 0.4) is 0 Å². The summed E-state index contributed by atoms with van der Waals surface area (Å²) in [4.78, 5) is 15.5. The molecule has 0 saturated heterocycles. The number of halogens is 1. The van der Waals surface area contributed by atoms with Crippen LogP contribution in [0.25, 0.3) is 28.0 Å². The molecule has 4 aromatic rings. The molecule has 0 unspecified atom stereocenters. The van der Waals surface area contributed by atoms with Gasteiger partial charge in [-0.15, -0.1) is 10.2 Å². The van der Waals surface area contributed by atoms with Gasteiger partial charge >= 0.3 is 0 Å². The lowest BCUT2D eigenvalue weighted by Crippen LogP contribution is -2.10. The monoisotopic (exact) mass is 408 g/mol. The first-order valence-electron chi connectivity index (χ1n) is 9.18. The number of rotatable bonds is 4. The average molecular weight is 409 g/mol. The zero-order valence-corrected chi connectivity index (χ0v) is 16.5. The Morgan fingerprint density at radius 2 is 1.93 bits per heavy atom. The Labute approximate surface area is 171 Å². The molecule has 1 fully saturated rings. The fourth-order valence-corrected chi connectivity index (χ4v) is 4.94. The van der Waals surface area contributed by atoms with Gasteiger partial charge in [0.2, 0.25) is 0 Å². The van der Waals surface area contributed by atoms with Crippen molar-refractivity contribution < 1.29 is 4.79 Å². The second-order valence-corrected chi connectivity index (χ2v) is 8.44. The second-order valence-electron chi connectivity index (χ2n) is 6.83. The molecule has 1 atom stereocenters. The number of nitrogens with zero attached hydrogens (tertiary/aromatic N) is 3. The fourth-order valence-electron chi connectivity index (χ4n) is 3.64. The molecule has 140 valence electrons. The van der Waals surface area contributed by atoms with E-state index in [-0.39, 0.29) is 5.25 Å². The normalized spacial score (nSPS) is 16.9. The minimum absolute atomic E-state index is 0.0499. The van der Waals surface area contributed by atoms with E-state index in [9.17, 15) is 4.79 Å². The van der Waals surface area contributed by atoms with E-state index in [2.05, 4.69) is 21.2 Å². The third-order valence-electron chi connectivity index (χ3n) is 5.04. The van der Waals surface area contributed by atoms with Crippen molar-refractivity contribution in [2.75, 3.05) is 0 Å². The van der Waals surface area contributed by atoms with E-state index in [4.69, 9.17) is 11.6 Å². The Kier molecular flexibility index (Phi) is 4.45. The summed E-state index contributed by atoms with van der Waals surface area (Å²) in [6.07, 6.45) is 4.44. The van der Waals surface area contributed by atoms with Crippen molar-refractivity contribution in [2.24, 2.45) is 0 Å². The van der Waals surface area contributed by atoms with Crippen molar-refractivity contribution in [1.82, 2.24) is 19.7 Å². The van der Waals surface area contributed by atoms with Crippen LogP contribution < -0.4 is 0 Å². The van der Waals surface area contributed by atoms with Gasteiger partial charge in [-0.1, -0.05) is 41.6 Å². The SMILES string of the molecule is O=C1CCC[C@H]1Sc1nnc(-c2c[nH]c3ccccc23)n1-c1ccc(Cl)cc1. The summed E-state index contributed by atoms with van der Waals surface area (Å²) < 4.78 is 2.02. The number of aromatic nitrogens is 4. The summed E-state index contributed by atoms with van der Waals surface area (Å²) in [7, 11) is 0. The van der Waals surface area contributed by atoms with Gasteiger partial charge < -0.3 is 4.98 Å². The van der Waals surface area contributed by atoms with Gasteiger partial charge in [0.25, 0.3) is 0 Å². The van der Waals surface area contributed by atoms with E-state index in [1.54, 1.807) is 0 Å². The Balaban J connectivity index is 1.66. The van der Waals surface area contributed by atoms with Crippen LogP contribution in [0.15, 0.2) is 59.9 Å². The van der Waals surface area contributed by atoms with Crippen molar-refractivity contribution in [2.45, 2.75) is 29.7 Å². The lowest BCUT2D eigenvalue weighted by Gasteiger charge is -2.12. The number of Topliss-reactive ketones (excluding diaryl/α,β-unsaturated/α-hetero) is 1. The predicted octanol–water partition coefficient (Wildman–Crippen LogP) is 5.28. The number of nitrogens with one attached hydrogen (secondary N) is 1. The van der Waals surface area contributed by atoms with Crippen LogP contribution in [0.4, 0.5) is 0 Å². The number of para-hydroxylation sites is 1. The predicted molar refractivity (Wildman–Crippen MR) is 112 cm³/mol. The number of hydrogen-bond acceptors (Lipinski definition) is 4. The van der Waals surface area contributed by atoms with Crippen LogP contribution in [0.2, 0.25) is 5.02 Å². The van der Waals surface area contributed by atoms with E-state index in [1.807, 2.05) is 53.2 Å². The first kappa shape index (κ1) is 17.5. The number of benzene rings is 2. The summed E-state index contributed by atoms with van der Waals surface area (Å²) >= 11 is 7.60. The minimum atomic E-state index is -0.0499. The Bertz CT molecular complexity index is 1160. The standard InChI is InChI=1S/C21H17ClN4OS/c22-13-8-10-14(11-9-13)26-20(16-12-23-17-5-2-1-4-15(16)17)24-25-21(26)28-19-7-3-6-18(19)27/h1-2,4-5,8-12,19,23H,3,6-7H2/t19-/m1/s1. The van der Waals surface area contributed by atoms with Crippen LogP contribution in [0, 0.1) is 0 Å². The van der Waals surface area contributed by atoms with Gasteiger partial charge in [-0.25, -0.2) is 0 Å². The molecule has 0 spiro atoms. The molecule has 5 nitrogen and oxygen atoms in total. The van der Waals surface area contributed by atoms with Crippen LogP contribution >= 0.6 is 23.4 Å². The molecule has 28 heavy (non-hydrogen) atoms. The highest BCUT2D eigenvalue weighted by Gasteiger charge is 2.29. The number of carbonyl (C=O) groups is 1. The van der Waals surface area contributed by atoms with E-state index < -0.39 is 0 Å². The number of ketones is 1. The third kappa shape index (κ3) is 3.02. The Hall–Kier alpha value is -2.57. The first-order valence-corrected chi connectivity index (χ1v) is 10.4. The number of fused-ring (bicyclic) bond motifs is 1. The highest BCUT2D eigenvalue weighted by atomic mass is 35.5. The summed E-state index contributed by atoms with van der Waals surface area (Å²) in [5.74, 6) is 1.04. The highest BCUT2D eigenvalue weighted by Crippen LogP contribution is 2.36. The van der Waals surface area contributed by atoms with E-state index in [0.717, 1.165) is 46.0 Å². The zero-order valence-electron chi connectivity index (χ0n) is 14.9. The molecule has 1 saturated carbocycles. The molecule has 0 amide bonds. The number of thioether (sulfide) groups is 1. The van der Waals surface area contributed by atoms with Gasteiger partial charge in [0, 0.05) is 39.8 Å². The number of aromatic amines is 1. The molecular weight excluding hydrogens is 392 g/mol. The Morgan fingerprint density at radius 3 is 2.71 bits per heavy atom. The van der Waals surface area contributed by atoms with Gasteiger partial charge in [-0.3, -0.25) is 9.36 Å². The molecule has 0 radical (unpaired) electrons. The average Bonchev–Trinajstić information content (AvgIpc) is 3.42. The van der Waals surface area contributed by atoms with Crippen LogP contribution in [0.1, 0.15) is 19.3 Å². The molecule has 2 aromatic carbocycles. The Morgan fingerprint density at radius 1 is 1.11 bits per heavy atom. The number of hydrogen-bond donors (Lipinski definition) is 1. The van der Waals surface area contributed by atoms with Crippen molar-refractivity contribution in [3.63, 3.8) is 0 Å². The van der Waals surface area contributed by atoms with Gasteiger partial charge in [-0.2, -0.15) is 0 Å². The molecule has 0 aliphatic heterocycles. The maximum absolute atomic E-state index is 12.2. The van der Waals surface area contributed by atoms with Gasteiger partial charge in [-0.05, 0) is 43.2 Å².